The minimum Gasteiger partial charge on any atom is -0.350 e. The van der Waals surface area contributed by atoms with Crippen molar-refractivity contribution >= 4 is 11.8 Å². The zero-order chi connectivity index (χ0) is 25.7. The molecule has 11 heteroatoms. The van der Waals surface area contributed by atoms with Crippen LogP contribution in [0.25, 0.3) is 11.4 Å². The Labute approximate surface area is 205 Å². The fourth-order valence-electron chi connectivity index (χ4n) is 4.09. The Kier molecular flexibility index (Phi) is 7.68. The van der Waals surface area contributed by atoms with Crippen LogP contribution in [0.2, 0.25) is 0 Å². The number of hydrogen-bond acceptors (Lipinski definition) is 6. The summed E-state index contributed by atoms with van der Waals surface area (Å²) in [6.07, 6.45) is -3.11. The van der Waals surface area contributed by atoms with Gasteiger partial charge in [-0.1, -0.05) is 59.8 Å². The fraction of sp³-hybridized carbons (Fsp3) is 0.360. The third kappa shape index (κ3) is 6.28. The van der Waals surface area contributed by atoms with E-state index in [1.807, 2.05) is 18.2 Å². The lowest BCUT2D eigenvalue weighted by Gasteiger charge is -2.30. The van der Waals surface area contributed by atoms with Crippen molar-refractivity contribution in [3.8, 4) is 11.4 Å². The SMILES string of the molecule is C[C@H](NC(=O)C1C[C@@H](c2ccccc2)CCN1)C(=O)NCc1ccc(-c2noc(C(F)(F)F)n2)cc1. The second kappa shape index (κ2) is 10.9. The van der Waals surface area contributed by atoms with Gasteiger partial charge in [-0.15, -0.1) is 0 Å². The van der Waals surface area contributed by atoms with Crippen molar-refractivity contribution in [2.45, 2.75) is 50.5 Å². The number of nitrogens with zero attached hydrogens (tertiary/aromatic N) is 2. The lowest BCUT2D eigenvalue weighted by atomic mass is 9.86. The molecule has 0 aliphatic carbocycles. The molecule has 4 rings (SSSR count). The molecule has 1 fully saturated rings. The molecule has 0 spiro atoms. The van der Waals surface area contributed by atoms with E-state index in [1.165, 1.54) is 17.7 Å². The first kappa shape index (κ1) is 25.4. The van der Waals surface area contributed by atoms with E-state index in [2.05, 4.69) is 42.7 Å². The molecule has 1 aliphatic rings. The number of alkyl halides is 3. The summed E-state index contributed by atoms with van der Waals surface area (Å²) in [5, 5.41) is 12.1. The number of halogens is 3. The number of piperidine rings is 1. The van der Waals surface area contributed by atoms with Crippen LogP contribution in [0.3, 0.4) is 0 Å². The first-order valence-corrected chi connectivity index (χ1v) is 11.6. The molecule has 2 heterocycles. The van der Waals surface area contributed by atoms with Crippen LogP contribution >= 0.6 is 0 Å². The molecule has 0 bridgehead atoms. The molecule has 0 radical (unpaired) electrons. The van der Waals surface area contributed by atoms with Gasteiger partial charge in [0.1, 0.15) is 6.04 Å². The summed E-state index contributed by atoms with van der Waals surface area (Å²) in [4.78, 5) is 28.6. The second-order valence-electron chi connectivity index (χ2n) is 8.70. The Hall–Kier alpha value is -3.73. The summed E-state index contributed by atoms with van der Waals surface area (Å²) < 4.78 is 42.1. The number of carbonyl (C=O) groups excluding carboxylic acids is 2. The van der Waals surface area contributed by atoms with Gasteiger partial charge in [-0.2, -0.15) is 18.2 Å². The van der Waals surface area contributed by atoms with Gasteiger partial charge in [0.05, 0.1) is 6.04 Å². The summed E-state index contributed by atoms with van der Waals surface area (Å²) in [6.45, 7) is 2.51. The smallest absolute Gasteiger partial charge is 0.350 e. The number of hydrogen-bond donors (Lipinski definition) is 3. The van der Waals surface area contributed by atoms with Gasteiger partial charge in [0.15, 0.2) is 0 Å². The molecule has 2 amide bonds. The number of amides is 2. The van der Waals surface area contributed by atoms with Crippen LogP contribution in [0.15, 0.2) is 59.1 Å². The van der Waals surface area contributed by atoms with Crippen LogP contribution in [0.5, 0.6) is 0 Å². The van der Waals surface area contributed by atoms with E-state index in [0.717, 1.165) is 13.0 Å². The normalized spacial score (nSPS) is 18.9. The van der Waals surface area contributed by atoms with Crippen LogP contribution in [-0.2, 0) is 22.3 Å². The number of rotatable bonds is 7. The molecule has 0 saturated carbocycles. The maximum atomic E-state index is 12.8. The van der Waals surface area contributed by atoms with Gasteiger partial charge in [0.25, 0.3) is 0 Å². The highest BCUT2D eigenvalue weighted by molar-refractivity contribution is 5.89. The standard InChI is InChI=1S/C25H26F3N5O3/c1-15(31-23(35)20-13-19(11-12-29-20)17-5-3-2-4-6-17)22(34)30-14-16-7-9-18(10-8-16)21-32-24(36-33-21)25(26,27)28/h2-10,15,19-20,29H,11-14H2,1H3,(H,30,34)(H,31,35)/t15-,19-,20?/m0/s1. The van der Waals surface area contributed by atoms with Gasteiger partial charge in [-0.3, -0.25) is 9.59 Å². The zero-order valence-electron chi connectivity index (χ0n) is 19.5. The average molecular weight is 502 g/mol. The van der Waals surface area contributed by atoms with Crippen molar-refractivity contribution in [1.29, 1.82) is 0 Å². The topological polar surface area (TPSA) is 109 Å². The van der Waals surface area contributed by atoms with E-state index in [9.17, 15) is 22.8 Å². The molecule has 2 aromatic carbocycles. The Morgan fingerprint density at radius 2 is 1.86 bits per heavy atom. The lowest BCUT2D eigenvalue weighted by molar-refractivity contribution is -0.159. The average Bonchev–Trinajstić information content (AvgIpc) is 3.39. The monoisotopic (exact) mass is 501 g/mol. The second-order valence-corrected chi connectivity index (χ2v) is 8.70. The zero-order valence-corrected chi connectivity index (χ0v) is 19.5. The molecule has 8 nitrogen and oxygen atoms in total. The predicted molar refractivity (Wildman–Crippen MR) is 124 cm³/mol. The highest BCUT2D eigenvalue weighted by atomic mass is 19.4. The molecular formula is C25H26F3N5O3. The molecule has 3 aromatic rings. The minimum atomic E-state index is -4.71. The third-order valence-corrected chi connectivity index (χ3v) is 6.09. The van der Waals surface area contributed by atoms with E-state index in [1.54, 1.807) is 19.1 Å². The van der Waals surface area contributed by atoms with E-state index in [4.69, 9.17) is 0 Å². The van der Waals surface area contributed by atoms with Crippen LogP contribution in [0.4, 0.5) is 13.2 Å². The third-order valence-electron chi connectivity index (χ3n) is 6.09. The molecule has 1 aliphatic heterocycles. The predicted octanol–water partition coefficient (Wildman–Crippen LogP) is 3.41. The minimum absolute atomic E-state index is 0.178. The summed E-state index contributed by atoms with van der Waals surface area (Å²) in [7, 11) is 0. The molecule has 3 N–H and O–H groups in total. The fourth-order valence-corrected chi connectivity index (χ4v) is 4.09. The van der Waals surface area contributed by atoms with Crippen molar-refractivity contribution in [3.63, 3.8) is 0 Å². The lowest BCUT2D eigenvalue weighted by Crippen LogP contribution is -2.53. The number of aromatic nitrogens is 2. The van der Waals surface area contributed by atoms with E-state index in [0.29, 0.717) is 17.5 Å². The first-order valence-electron chi connectivity index (χ1n) is 11.6. The van der Waals surface area contributed by atoms with Crippen LogP contribution in [0, 0.1) is 0 Å². The van der Waals surface area contributed by atoms with E-state index >= 15 is 0 Å². The highest BCUT2D eigenvalue weighted by Gasteiger charge is 2.38. The highest BCUT2D eigenvalue weighted by Crippen LogP contribution is 2.29. The summed E-state index contributed by atoms with van der Waals surface area (Å²) in [5.41, 5.74) is 2.26. The maximum Gasteiger partial charge on any atom is 0.471 e. The van der Waals surface area contributed by atoms with Gasteiger partial charge in [-0.25, -0.2) is 0 Å². The summed E-state index contributed by atoms with van der Waals surface area (Å²) in [5.74, 6) is -1.89. The van der Waals surface area contributed by atoms with Gasteiger partial charge in [0, 0.05) is 12.1 Å². The van der Waals surface area contributed by atoms with Crippen LogP contribution in [-0.4, -0.2) is 40.6 Å². The Balaban J connectivity index is 1.26. The number of benzene rings is 2. The Bertz CT molecular complexity index is 1180. The van der Waals surface area contributed by atoms with E-state index < -0.39 is 18.1 Å². The number of nitrogens with one attached hydrogen (secondary N) is 3. The Morgan fingerprint density at radius 1 is 1.14 bits per heavy atom. The molecule has 1 aromatic heterocycles. The first-order chi connectivity index (χ1) is 17.2. The van der Waals surface area contributed by atoms with Crippen molar-refractivity contribution in [2.75, 3.05) is 6.54 Å². The molecule has 1 unspecified atom stereocenters. The quantitative estimate of drug-likeness (QED) is 0.458. The largest absolute Gasteiger partial charge is 0.471 e. The summed E-state index contributed by atoms with van der Waals surface area (Å²) >= 11 is 0. The van der Waals surface area contributed by atoms with Crippen molar-refractivity contribution in [3.05, 3.63) is 71.6 Å². The van der Waals surface area contributed by atoms with Gasteiger partial charge < -0.3 is 20.5 Å². The van der Waals surface area contributed by atoms with Gasteiger partial charge in [0.2, 0.25) is 17.6 Å². The van der Waals surface area contributed by atoms with Crippen molar-refractivity contribution < 1.29 is 27.3 Å². The molecular weight excluding hydrogens is 475 g/mol. The Morgan fingerprint density at radius 3 is 2.53 bits per heavy atom. The molecule has 3 atom stereocenters. The molecule has 36 heavy (non-hydrogen) atoms. The number of carbonyl (C=O) groups is 2. The van der Waals surface area contributed by atoms with Crippen LogP contribution < -0.4 is 16.0 Å². The van der Waals surface area contributed by atoms with Crippen molar-refractivity contribution in [1.82, 2.24) is 26.1 Å². The molecule has 190 valence electrons. The maximum absolute atomic E-state index is 12.8. The summed E-state index contributed by atoms with van der Waals surface area (Å²) in [6, 6.07) is 15.3. The van der Waals surface area contributed by atoms with Crippen LogP contribution in [0.1, 0.15) is 42.7 Å². The van der Waals surface area contributed by atoms with Gasteiger partial charge >= 0.3 is 12.1 Å². The molecule has 1 saturated heterocycles. The van der Waals surface area contributed by atoms with Crippen molar-refractivity contribution in [2.24, 2.45) is 0 Å². The van der Waals surface area contributed by atoms with E-state index in [-0.39, 0.29) is 36.1 Å². The van der Waals surface area contributed by atoms with Gasteiger partial charge in [-0.05, 0) is 43.4 Å².